The quantitative estimate of drug-likeness (QED) is 0.262. The molecule has 1 heteroatoms. The lowest BCUT2D eigenvalue weighted by molar-refractivity contribution is 0.180. The first-order valence-corrected chi connectivity index (χ1v) is 16.7. The van der Waals surface area contributed by atoms with Gasteiger partial charge in [0, 0.05) is 5.41 Å². The van der Waals surface area contributed by atoms with Gasteiger partial charge in [0.15, 0.2) is 0 Å². The Kier molecular flexibility index (Phi) is 10.6. The van der Waals surface area contributed by atoms with Gasteiger partial charge in [0.1, 0.15) is 0 Å². The highest BCUT2D eigenvalue weighted by molar-refractivity contribution is 5.29. The standard InChI is InChI=1S/C38H60O/c1-26-14-18-36(19-15-26)38(7,29(4)22-30(5)39)25-35-24-34-23-32(17-20-37(34)31(35)6)16-13-27(2)21-28(3)33-11-9-8-10-12-33/h11,17-18,20-21,26,28,30-32,34-35,37,39H,4,8-10,12-16,19,22-25H2,1-3,5-7H3/b27-21+/t26?,28?,30-,31-,32?,34?,35?,37?,38?/m1/s1. The Hall–Kier alpha value is -1.34. The fraction of sp³-hybridized carbons (Fsp3) is 0.737. The predicted octanol–water partition coefficient (Wildman–Crippen LogP) is 10.8. The highest BCUT2D eigenvalue weighted by atomic mass is 16.3. The Bertz CT molecular complexity index is 959. The molecular formula is C38H60O. The van der Waals surface area contributed by atoms with Crippen molar-refractivity contribution in [2.75, 3.05) is 0 Å². The van der Waals surface area contributed by atoms with Gasteiger partial charge in [0.2, 0.25) is 0 Å². The van der Waals surface area contributed by atoms with Crippen LogP contribution in [0.5, 0.6) is 0 Å². The van der Waals surface area contributed by atoms with Gasteiger partial charge in [-0.25, -0.2) is 0 Å². The van der Waals surface area contributed by atoms with Crippen LogP contribution in [0.2, 0.25) is 0 Å². The minimum absolute atomic E-state index is 0.0268. The zero-order chi connectivity index (χ0) is 28.2. The Balaban J connectivity index is 1.37. The lowest BCUT2D eigenvalue weighted by Crippen LogP contribution is -2.30. The van der Waals surface area contributed by atoms with E-state index in [2.05, 4.69) is 71.6 Å². The molecule has 1 nitrogen and oxygen atoms in total. The molecule has 0 aromatic heterocycles. The maximum Gasteiger partial charge on any atom is 0.0549 e. The van der Waals surface area contributed by atoms with Crippen molar-refractivity contribution in [2.24, 2.45) is 46.8 Å². The summed E-state index contributed by atoms with van der Waals surface area (Å²) in [5.74, 6) is 5.22. The molecule has 9 atom stereocenters. The first kappa shape index (κ1) is 30.6. The highest BCUT2D eigenvalue weighted by Crippen LogP contribution is 2.55. The van der Waals surface area contributed by atoms with Gasteiger partial charge < -0.3 is 5.11 Å². The number of fused-ring (bicyclic) bond motifs is 1. The molecule has 0 heterocycles. The smallest absolute Gasteiger partial charge is 0.0549 e. The maximum atomic E-state index is 10.2. The van der Waals surface area contributed by atoms with Gasteiger partial charge in [-0.1, -0.05) is 86.9 Å². The predicted molar refractivity (Wildman–Crippen MR) is 169 cm³/mol. The first-order valence-electron chi connectivity index (χ1n) is 16.7. The molecule has 4 aliphatic rings. The molecular weight excluding hydrogens is 472 g/mol. The van der Waals surface area contributed by atoms with Gasteiger partial charge in [0.25, 0.3) is 0 Å². The van der Waals surface area contributed by atoms with Crippen LogP contribution < -0.4 is 0 Å². The normalized spacial score (nSPS) is 34.5. The van der Waals surface area contributed by atoms with E-state index in [1.54, 1.807) is 16.7 Å². The van der Waals surface area contributed by atoms with Crippen LogP contribution in [-0.2, 0) is 0 Å². The molecule has 1 saturated carbocycles. The Morgan fingerprint density at radius 1 is 1.13 bits per heavy atom. The van der Waals surface area contributed by atoms with Crippen molar-refractivity contribution in [1.82, 2.24) is 0 Å². The second kappa shape index (κ2) is 13.5. The summed E-state index contributed by atoms with van der Waals surface area (Å²) in [6.45, 7) is 18.7. The van der Waals surface area contributed by atoms with Gasteiger partial charge >= 0.3 is 0 Å². The van der Waals surface area contributed by atoms with E-state index in [9.17, 15) is 5.11 Å². The zero-order valence-electron chi connectivity index (χ0n) is 26.4. The van der Waals surface area contributed by atoms with Gasteiger partial charge in [-0.05, 0) is 139 Å². The molecule has 0 bridgehead atoms. The molecule has 0 spiro atoms. The summed E-state index contributed by atoms with van der Waals surface area (Å²) >= 11 is 0. The van der Waals surface area contributed by atoms with E-state index in [-0.39, 0.29) is 11.5 Å². The van der Waals surface area contributed by atoms with Gasteiger partial charge in [0.05, 0.1) is 6.10 Å². The molecule has 4 rings (SSSR count). The van der Waals surface area contributed by atoms with Gasteiger partial charge in [-0.15, -0.1) is 0 Å². The van der Waals surface area contributed by atoms with E-state index < -0.39 is 0 Å². The Morgan fingerprint density at radius 3 is 2.59 bits per heavy atom. The van der Waals surface area contributed by atoms with E-state index in [0.29, 0.717) is 5.92 Å². The van der Waals surface area contributed by atoms with Crippen molar-refractivity contribution < 1.29 is 5.11 Å². The van der Waals surface area contributed by atoms with E-state index in [4.69, 9.17) is 0 Å². The number of hydrogen-bond donors (Lipinski definition) is 1. The van der Waals surface area contributed by atoms with E-state index in [1.165, 1.54) is 82.6 Å². The lowest BCUT2D eigenvalue weighted by Gasteiger charge is -2.41. The Morgan fingerprint density at radius 2 is 1.92 bits per heavy atom. The molecule has 0 saturated heterocycles. The SMILES string of the molecule is C=C(C[C@@H](C)O)C(C)(CC1CC2CC(CC/C(C)=C/C(C)C3=CCCCC3)C=CC2[C@@H]1C)C1=CCC(C)CC1. The third-order valence-electron chi connectivity index (χ3n) is 11.4. The number of aliphatic hydroxyl groups is 1. The lowest BCUT2D eigenvalue weighted by atomic mass is 9.64. The molecule has 39 heavy (non-hydrogen) atoms. The molecule has 1 N–H and O–H groups in total. The van der Waals surface area contributed by atoms with E-state index in [1.807, 2.05) is 6.92 Å². The van der Waals surface area contributed by atoms with Gasteiger partial charge in [-0.3, -0.25) is 0 Å². The summed E-state index contributed by atoms with van der Waals surface area (Å²) in [6, 6.07) is 0. The molecule has 0 amide bonds. The van der Waals surface area contributed by atoms with Crippen LogP contribution in [0, 0.1) is 46.8 Å². The van der Waals surface area contributed by atoms with Crippen molar-refractivity contribution in [3.63, 3.8) is 0 Å². The van der Waals surface area contributed by atoms with Crippen LogP contribution >= 0.6 is 0 Å². The molecule has 0 aromatic carbocycles. The summed E-state index contributed by atoms with van der Waals surface area (Å²) in [5.41, 5.74) is 6.16. The van der Waals surface area contributed by atoms with Crippen LogP contribution in [0.4, 0.5) is 0 Å². The third-order valence-corrected chi connectivity index (χ3v) is 11.4. The molecule has 218 valence electrons. The number of allylic oxidation sites excluding steroid dienone is 8. The largest absolute Gasteiger partial charge is 0.393 e. The van der Waals surface area contributed by atoms with Crippen LogP contribution in [0.15, 0.2) is 59.3 Å². The fourth-order valence-electron chi connectivity index (χ4n) is 8.71. The van der Waals surface area contributed by atoms with E-state index >= 15 is 0 Å². The molecule has 4 aliphatic carbocycles. The average Bonchev–Trinajstić information content (AvgIpc) is 3.21. The van der Waals surface area contributed by atoms with Crippen LogP contribution in [0.1, 0.15) is 125 Å². The zero-order valence-corrected chi connectivity index (χ0v) is 26.4. The second-order valence-electron chi connectivity index (χ2n) is 14.7. The molecule has 0 aromatic rings. The summed E-state index contributed by atoms with van der Waals surface area (Å²) < 4.78 is 0. The molecule has 7 unspecified atom stereocenters. The van der Waals surface area contributed by atoms with Crippen molar-refractivity contribution in [3.8, 4) is 0 Å². The van der Waals surface area contributed by atoms with Crippen LogP contribution in [0.25, 0.3) is 0 Å². The monoisotopic (exact) mass is 532 g/mol. The van der Waals surface area contributed by atoms with Crippen molar-refractivity contribution >= 4 is 0 Å². The first-order chi connectivity index (χ1) is 18.6. The second-order valence-corrected chi connectivity index (χ2v) is 14.7. The highest BCUT2D eigenvalue weighted by Gasteiger charge is 2.45. The summed E-state index contributed by atoms with van der Waals surface area (Å²) in [4.78, 5) is 0. The fourth-order valence-corrected chi connectivity index (χ4v) is 8.71. The summed E-state index contributed by atoms with van der Waals surface area (Å²) in [7, 11) is 0. The Labute approximate surface area is 242 Å². The summed E-state index contributed by atoms with van der Waals surface area (Å²) in [5, 5.41) is 10.2. The topological polar surface area (TPSA) is 20.2 Å². The maximum absolute atomic E-state index is 10.2. The van der Waals surface area contributed by atoms with Gasteiger partial charge in [-0.2, -0.15) is 0 Å². The molecule has 0 radical (unpaired) electrons. The van der Waals surface area contributed by atoms with E-state index in [0.717, 1.165) is 41.9 Å². The minimum Gasteiger partial charge on any atom is -0.393 e. The van der Waals surface area contributed by atoms with Crippen molar-refractivity contribution in [2.45, 2.75) is 131 Å². The number of hydrogen-bond acceptors (Lipinski definition) is 1. The third kappa shape index (κ3) is 7.69. The number of aliphatic hydroxyl groups excluding tert-OH is 1. The minimum atomic E-state index is -0.313. The van der Waals surface area contributed by atoms with Crippen molar-refractivity contribution in [3.05, 3.63) is 59.3 Å². The molecule has 1 fully saturated rings. The average molecular weight is 533 g/mol. The van der Waals surface area contributed by atoms with Crippen molar-refractivity contribution in [1.29, 1.82) is 0 Å². The molecule has 0 aliphatic heterocycles. The van der Waals surface area contributed by atoms with Crippen LogP contribution in [0.3, 0.4) is 0 Å². The van der Waals surface area contributed by atoms with Crippen LogP contribution in [-0.4, -0.2) is 11.2 Å². The summed E-state index contributed by atoms with van der Waals surface area (Å²) in [6.07, 6.45) is 28.8. The number of rotatable bonds is 11.